The Kier molecular flexibility index (Phi) is 4.56. The van der Waals surface area contributed by atoms with E-state index in [2.05, 4.69) is 13.8 Å². The van der Waals surface area contributed by atoms with Gasteiger partial charge in [0.1, 0.15) is 5.75 Å². The number of benzene rings is 2. The van der Waals surface area contributed by atoms with E-state index in [-0.39, 0.29) is 0 Å². The first-order valence-electron chi connectivity index (χ1n) is 6.86. The highest BCUT2D eigenvalue weighted by atomic mass is 16.5. The fraction of sp³-hybridized carbons (Fsp3) is 0.353. The molecule has 0 heterocycles. The van der Waals surface area contributed by atoms with Crippen LogP contribution in [-0.4, -0.2) is 12.9 Å². The number of carbonyl (C=O) groups is 1. The van der Waals surface area contributed by atoms with E-state index >= 15 is 0 Å². The van der Waals surface area contributed by atoms with Crippen LogP contribution in [0.2, 0.25) is 0 Å². The highest BCUT2D eigenvalue weighted by Crippen LogP contribution is 2.27. The first kappa shape index (κ1) is 13.6. The fourth-order valence-corrected chi connectivity index (χ4v) is 2.33. The molecule has 0 aliphatic rings. The SMILES string of the molecule is CCCC(C)COc1ccc2ccccc2c1C=O. The zero-order valence-corrected chi connectivity index (χ0v) is 11.6. The molecular formula is C17H20O2. The van der Waals surface area contributed by atoms with Crippen LogP contribution in [0.15, 0.2) is 36.4 Å². The molecule has 0 amide bonds. The van der Waals surface area contributed by atoms with Crippen LogP contribution in [0.1, 0.15) is 37.0 Å². The number of aldehydes is 1. The molecule has 0 spiro atoms. The number of carbonyl (C=O) groups excluding carboxylic acids is 1. The standard InChI is InChI=1S/C17H20O2/c1-3-6-13(2)12-19-17-10-9-14-7-4-5-8-15(14)16(17)11-18/h4-5,7-11,13H,3,6,12H2,1-2H3. The average molecular weight is 256 g/mol. The summed E-state index contributed by atoms with van der Waals surface area (Å²) in [6.07, 6.45) is 3.19. The molecule has 1 atom stereocenters. The minimum absolute atomic E-state index is 0.510. The number of hydrogen-bond acceptors (Lipinski definition) is 2. The summed E-state index contributed by atoms with van der Waals surface area (Å²) in [6, 6.07) is 11.8. The van der Waals surface area contributed by atoms with Crippen molar-refractivity contribution in [2.75, 3.05) is 6.61 Å². The van der Waals surface area contributed by atoms with Gasteiger partial charge in [0.25, 0.3) is 0 Å². The van der Waals surface area contributed by atoms with Crippen molar-refractivity contribution in [2.24, 2.45) is 5.92 Å². The van der Waals surface area contributed by atoms with Crippen molar-refractivity contribution < 1.29 is 9.53 Å². The number of rotatable bonds is 6. The van der Waals surface area contributed by atoms with Gasteiger partial charge in [0.05, 0.1) is 12.2 Å². The average Bonchev–Trinajstić information content (AvgIpc) is 2.44. The van der Waals surface area contributed by atoms with Gasteiger partial charge in [-0.2, -0.15) is 0 Å². The quantitative estimate of drug-likeness (QED) is 0.713. The van der Waals surface area contributed by atoms with Crippen LogP contribution < -0.4 is 4.74 Å². The Hall–Kier alpha value is -1.83. The predicted molar refractivity (Wildman–Crippen MR) is 78.9 cm³/mol. The maximum absolute atomic E-state index is 11.3. The van der Waals surface area contributed by atoms with E-state index in [0.29, 0.717) is 23.8 Å². The van der Waals surface area contributed by atoms with Gasteiger partial charge in [-0.3, -0.25) is 4.79 Å². The van der Waals surface area contributed by atoms with Crippen molar-refractivity contribution in [1.29, 1.82) is 0 Å². The third-order valence-corrected chi connectivity index (χ3v) is 3.35. The number of ether oxygens (including phenoxy) is 1. The first-order chi connectivity index (χ1) is 9.26. The van der Waals surface area contributed by atoms with Gasteiger partial charge in [-0.15, -0.1) is 0 Å². The van der Waals surface area contributed by atoms with Crippen molar-refractivity contribution in [3.05, 3.63) is 42.0 Å². The summed E-state index contributed by atoms with van der Waals surface area (Å²) < 4.78 is 5.82. The van der Waals surface area contributed by atoms with Gasteiger partial charge >= 0.3 is 0 Å². The third-order valence-electron chi connectivity index (χ3n) is 3.35. The molecule has 19 heavy (non-hydrogen) atoms. The summed E-state index contributed by atoms with van der Waals surface area (Å²) in [6.45, 7) is 5.00. The Morgan fingerprint density at radius 2 is 2.00 bits per heavy atom. The lowest BCUT2D eigenvalue weighted by Crippen LogP contribution is -2.09. The van der Waals surface area contributed by atoms with Crippen LogP contribution in [0.5, 0.6) is 5.75 Å². The molecule has 2 rings (SSSR count). The van der Waals surface area contributed by atoms with Gasteiger partial charge in [-0.25, -0.2) is 0 Å². The lowest BCUT2D eigenvalue weighted by Gasteiger charge is -2.14. The topological polar surface area (TPSA) is 26.3 Å². The van der Waals surface area contributed by atoms with E-state index in [1.807, 2.05) is 36.4 Å². The van der Waals surface area contributed by atoms with Gasteiger partial charge in [-0.05, 0) is 29.2 Å². The molecule has 0 aromatic heterocycles. The smallest absolute Gasteiger partial charge is 0.154 e. The predicted octanol–water partition coefficient (Wildman–Crippen LogP) is 4.47. The van der Waals surface area contributed by atoms with Crippen molar-refractivity contribution in [2.45, 2.75) is 26.7 Å². The molecule has 0 N–H and O–H groups in total. The molecule has 0 saturated heterocycles. The van der Waals surface area contributed by atoms with Gasteiger partial charge < -0.3 is 4.74 Å². The zero-order chi connectivity index (χ0) is 13.7. The third kappa shape index (κ3) is 3.14. The Morgan fingerprint density at radius 1 is 1.21 bits per heavy atom. The molecular weight excluding hydrogens is 236 g/mol. The summed E-state index contributed by atoms with van der Waals surface area (Å²) in [5, 5.41) is 2.02. The summed E-state index contributed by atoms with van der Waals surface area (Å²) in [5.41, 5.74) is 0.654. The lowest BCUT2D eigenvalue weighted by molar-refractivity contribution is 0.112. The molecule has 2 nitrogen and oxygen atoms in total. The van der Waals surface area contributed by atoms with Crippen molar-refractivity contribution >= 4 is 17.1 Å². The second-order valence-corrected chi connectivity index (χ2v) is 5.02. The zero-order valence-electron chi connectivity index (χ0n) is 11.6. The summed E-state index contributed by atoms with van der Waals surface area (Å²) in [5.74, 6) is 1.20. The lowest BCUT2D eigenvalue weighted by atomic mass is 10.0. The molecule has 1 unspecified atom stereocenters. The van der Waals surface area contributed by atoms with Crippen LogP contribution in [-0.2, 0) is 0 Å². The number of hydrogen-bond donors (Lipinski definition) is 0. The molecule has 0 radical (unpaired) electrons. The maximum atomic E-state index is 11.3. The summed E-state index contributed by atoms with van der Waals surface area (Å²) in [4.78, 5) is 11.3. The highest BCUT2D eigenvalue weighted by Gasteiger charge is 2.09. The van der Waals surface area contributed by atoms with Crippen LogP contribution in [0.25, 0.3) is 10.8 Å². The summed E-state index contributed by atoms with van der Waals surface area (Å²) >= 11 is 0. The van der Waals surface area contributed by atoms with E-state index in [1.165, 1.54) is 0 Å². The Labute approximate surface area is 114 Å². The molecule has 0 fully saturated rings. The van der Waals surface area contributed by atoms with Gasteiger partial charge in [0.2, 0.25) is 0 Å². The van der Waals surface area contributed by atoms with Gasteiger partial charge in [-0.1, -0.05) is 50.6 Å². The minimum atomic E-state index is 0.510. The Bertz CT molecular complexity index is 560. The van der Waals surface area contributed by atoms with Crippen LogP contribution in [0.4, 0.5) is 0 Å². The first-order valence-corrected chi connectivity index (χ1v) is 6.86. The van der Waals surface area contributed by atoms with Crippen LogP contribution >= 0.6 is 0 Å². The maximum Gasteiger partial charge on any atom is 0.154 e. The van der Waals surface area contributed by atoms with E-state index < -0.39 is 0 Å². The molecule has 2 aromatic carbocycles. The number of fused-ring (bicyclic) bond motifs is 1. The van der Waals surface area contributed by atoms with E-state index in [0.717, 1.165) is 29.9 Å². The van der Waals surface area contributed by atoms with E-state index in [9.17, 15) is 4.79 Å². The second kappa shape index (κ2) is 6.37. The molecule has 100 valence electrons. The van der Waals surface area contributed by atoms with Crippen LogP contribution in [0, 0.1) is 5.92 Å². The van der Waals surface area contributed by atoms with E-state index in [1.54, 1.807) is 0 Å². The van der Waals surface area contributed by atoms with Crippen LogP contribution in [0.3, 0.4) is 0 Å². The highest BCUT2D eigenvalue weighted by molar-refractivity contribution is 6.00. The molecule has 2 aromatic rings. The monoisotopic (exact) mass is 256 g/mol. The van der Waals surface area contributed by atoms with Crippen molar-refractivity contribution in [3.8, 4) is 5.75 Å². The minimum Gasteiger partial charge on any atom is -0.493 e. The molecule has 0 saturated carbocycles. The van der Waals surface area contributed by atoms with Crippen molar-refractivity contribution in [1.82, 2.24) is 0 Å². The fourth-order valence-electron chi connectivity index (χ4n) is 2.33. The Morgan fingerprint density at radius 3 is 2.74 bits per heavy atom. The normalized spacial score (nSPS) is 12.3. The Balaban J connectivity index is 2.25. The van der Waals surface area contributed by atoms with Crippen molar-refractivity contribution in [3.63, 3.8) is 0 Å². The van der Waals surface area contributed by atoms with Gasteiger partial charge in [0.15, 0.2) is 6.29 Å². The van der Waals surface area contributed by atoms with Gasteiger partial charge in [0, 0.05) is 0 Å². The molecule has 0 aliphatic carbocycles. The second-order valence-electron chi connectivity index (χ2n) is 5.02. The molecule has 2 heteroatoms. The van der Waals surface area contributed by atoms with E-state index in [4.69, 9.17) is 4.74 Å². The molecule has 0 aliphatic heterocycles. The largest absolute Gasteiger partial charge is 0.493 e. The summed E-state index contributed by atoms with van der Waals surface area (Å²) in [7, 11) is 0. The molecule has 0 bridgehead atoms.